The predicted molar refractivity (Wildman–Crippen MR) is 96.6 cm³/mol. The van der Waals surface area contributed by atoms with Gasteiger partial charge in [0.1, 0.15) is 11.9 Å². The Morgan fingerprint density at radius 3 is 2.50 bits per heavy atom. The number of amides is 2. The van der Waals surface area contributed by atoms with Crippen molar-refractivity contribution in [3.8, 4) is 0 Å². The van der Waals surface area contributed by atoms with Crippen LogP contribution in [0.4, 0.5) is 14.9 Å². The number of hydrogen-bond donors (Lipinski definition) is 0. The van der Waals surface area contributed by atoms with E-state index in [1.807, 2.05) is 4.90 Å². The Labute approximate surface area is 153 Å². The SMILES string of the molecule is COC(=O)N1CCCC[C@H]1C(=O)N1CCCN(c2ccc(F)cc2)CC1. The molecule has 0 radical (unpaired) electrons. The standard InChI is InChI=1S/C19H26FN3O3/c1-26-19(25)23-12-3-2-5-17(23)18(24)22-11-4-10-21(13-14-22)16-8-6-15(20)7-9-16/h6-9,17H,2-5,10-14H2,1H3/t17-/m0/s1. The van der Waals surface area contributed by atoms with Gasteiger partial charge in [0.15, 0.2) is 0 Å². The molecule has 2 saturated heterocycles. The smallest absolute Gasteiger partial charge is 0.410 e. The lowest BCUT2D eigenvalue weighted by atomic mass is 10.0. The van der Waals surface area contributed by atoms with Crippen LogP contribution in [0.25, 0.3) is 0 Å². The number of carbonyl (C=O) groups is 2. The monoisotopic (exact) mass is 363 g/mol. The largest absolute Gasteiger partial charge is 0.453 e. The summed E-state index contributed by atoms with van der Waals surface area (Å²) in [5.41, 5.74) is 0.967. The Kier molecular flexibility index (Phi) is 5.96. The third-order valence-electron chi connectivity index (χ3n) is 5.20. The van der Waals surface area contributed by atoms with Gasteiger partial charge in [-0.25, -0.2) is 9.18 Å². The topological polar surface area (TPSA) is 53.1 Å². The normalized spacial score (nSPS) is 21.3. The van der Waals surface area contributed by atoms with Gasteiger partial charge in [0.05, 0.1) is 7.11 Å². The van der Waals surface area contributed by atoms with Gasteiger partial charge in [0.2, 0.25) is 5.91 Å². The molecule has 6 nitrogen and oxygen atoms in total. The quantitative estimate of drug-likeness (QED) is 0.810. The summed E-state index contributed by atoms with van der Waals surface area (Å²) in [5.74, 6) is -0.239. The van der Waals surface area contributed by atoms with E-state index in [0.717, 1.165) is 31.5 Å². The summed E-state index contributed by atoms with van der Waals surface area (Å²) in [7, 11) is 1.35. The molecule has 26 heavy (non-hydrogen) atoms. The molecule has 0 aromatic heterocycles. The number of ether oxygens (including phenoxy) is 1. The fraction of sp³-hybridized carbons (Fsp3) is 0.579. The Balaban J connectivity index is 1.65. The summed E-state index contributed by atoms with van der Waals surface area (Å²) in [6, 6.07) is 6.03. The molecule has 0 bridgehead atoms. The van der Waals surface area contributed by atoms with Gasteiger partial charge < -0.3 is 14.5 Å². The number of carbonyl (C=O) groups excluding carboxylic acids is 2. The van der Waals surface area contributed by atoms with Crippen LogP contribution in [-0.2, 0) is 9.53 Å². The first kappa shape index (κ1) is 18.5. The van der Waals surface area contributed by atoms with Gasteiger partial charge in [-0.2, -0.15) is 0 Å². The molecule has 3 rings (SSSR count). The van der Waals surface area contributed by atoms with Crippen molar-refractivity contribution in [1.29, 1.82) is 0 Å². The second-order valence-electron chi connectivity index (χ2n) is 6.82. The number of likely N-dealkylation sites (tertiary alicyclic amines) is 1. The zero-order chi connectivity index (χ0) is 18.5. The number of halogens is 1. The highest BCUT2D eigenvalue weighted by atomic mass is 19.1. The van der Waals surface area contributed by atoms with Gasteiger partial charge in [0.25, 0.3) is 0 Å². The molecular weight excluding hydrogens is 337 g/mol. The molecule has 1 aromatic rings. The minimum Gasteiger partial charge on any atom is -0.453 e. The van der Waals surface area contributed by atoms with Crippen LogP contribution in [0, 0.1) is 5.82 Å². The van der Waals surface area contributed by atoms with Gasteiger partial charge in [-0.05, 0) is 49.9 Å². The lowest BCUT2D eigenvalue weighted by Gasteiger charge is -2.36. The van der Waals surface area contributed by atoms with Crippen LogP contribution in [0.2, 0.25) is 0 Å². The molecule has 1 atom stereocenters. The van der Waals surface area contributed by atoms with Crippen molar-refractivity contribution in [2.24, 2.45) is 0 Å². The molecule has 0 unspecified atom stereocenters. The van der Waals surface area contributed by atoms with Crippen molar-refractivity contribution in [2.45, 2.75) is 31.7 Å². The summed E-state index contributed by atoms with van der Waals surface area (Å²) in [4.78, 5) is 30.6. The van der Waals surface area contributed by atoms with Crippen LogP contribution < -0.4 is 4.90 Å². The number of methoxy groups -OCH3 is 1. The highest BCUT2D eigenvalue weighted by molar-refractivity contribution is 5.86. The summed E-state index contributed by atoms with van der Waals surface area (Å²) in [5, 5.41) is 0. The van der Waals surface area contributed by atoms with Crippen LogP contribution in [0.3, 0.4) is 0 Å². The first-order valence-electron chi connectivity index (χ1n) is 9.24. The maximum Gasteiger partial charge on any atom is 0.410 e. The second-order valence-corrected chi connectivity index (χ2v) is 6.82. The number of rotatable bonds is 2. The molecule has 2 aliphatic rings. The molecule has 2 heterocycles. The molecule has 1 aromatic carbocycles. The predicted octanol–water partition coefficient (Wildman–Crippen LogP) is 2.49. The Hall–Kier alpha value is -2.31. The van der Waals surface area contributed by atoms with Crippen LogP contribution in [0.15, 0.2) is 24.3 Å². The zero-order valence-corrected chi connectivity index (χ0v) is 15.2. The van der Waals surface area contributed by atoms with Crippen LogP contribution in [-0.4, -0.2) is 67.7 Å². The molecule has 142 valence electrons. The molecule has 2 fully saturated rings. The second kappa shape index (κ2) is 8.38. The molecule has 0 aliphatic carbocycles. The third kappa shape index (κ3) is 4.08. The molecule has 0 N–H and O–H groups in total. The van der Waals surface area contributed by atoms with E-state index in [0.29, 0.717) is 32.6 Å². The molecule has 2 amide bonds. The summed E-state index contributed by atoms with van der Waals surface area (Å²) in [6.07, 6.45) is 2.95. The molecule has 0 spiro atoms. The van der Waals surface area contributed by atoms with Crippen molar-refractivity contribution >= 4 is 17.7 Å². The summed E-state index contributed by atoms with van der Waals surface area (Å²) in [6.45, 7) is 3.35. The van der Waals surface area contributed by atoms with E-state index in [-0.39, 0.29) is 11.7 Å². The van der Waals surface area contributed by atoms with E-state index in [2.05, 4.69) is 4.90 Å². The average molecular weight is 363 g/mol. The molecule has 7 heteroatoms. The van der Waals surface area contributed by atoms with E-state index < -0.39 is 12.1 Å². The Morgan fingerprint density at radius 1 is 1.00 bits per heavy atom. The number of nitrogens with zero attached hydrogens (tertiary/aromatic N) is 3. The fourth-order valence-corrected chi connectivity index (χ4v) is 3.78. The van der Waals surface area contributed by atoms with E-state index >= 15 is 0 Å². The van der Waals surface area contributed by atoms with Crippen molar-refractivity contribution in [2.75, 3.05) is 44.7 Å². The fourth-order valence-electron chi connectivity index (χ4n) is 3.78. The van der Waals surface area contributed by atoms with Gasteiger partial charge in [-0.1, -0.05) is 0 Å². The summed E-state index contributed by atoms with van der Waals surface area (Å²) >= 11 is 0. The van der Waals surface area contributed by atoms with Crippen molar-refractivity contribution in [3.63, 3.8) is 0 Å². The first-order chi connectivity index (χ1) is 12.6. The Morgan fingerprint density at radius 2 is 1.77 bits per heavy atom. The van der Waals surface area contributed by atoms with Crippen molar-refractivity contribution in [1.82, 2.24) is 9.80 Å². The minimum atomic E-state index is -0.425. The van der Waals surface area contributed by atoms with Crippen LogP contribution in [0.1, 0.15) is 25.7 Å². The molecule has 2 aliphatic heterocycles. The zero-order valence-electron chi connectivity index (χ0n) is 15.2. The van der Waals surface area contributed by atoms with E-state index in [1.54, 1.807) is 17.0 Å². The lowest BCUT2D eigenvalue weighted by Crippen LogP contribution is -2.53. The molecule has 0 saturated carbocycles. The van der Waals surface area contributed by atoms with Crippen LogP contribution >= 0.6 is 0 Å². The van der Waals surface area contributed by atoms with Gasteiger partial charge in [-0.3, -0.25) is 9.69 Å². The number of benzene rings is 1. The minimum absolute atomic E-state index is 0.0102. The van der Waals surface area contributed by atoms with E-state index in [9.17, 15) is 14.0 Å². The van der Waals surface area contributed by atoms with Crippen molar-refractivity contribution in [3.05, 3.63) is 30.1 Å². The highest BCUT2D eigenvalue weighted by Crippen LogP contribution is 2.22. The third-order valence-corrected chi connectivity index (χ3v) is 5.20. The first-order valence-corrected chi connectivity index (χ1v) is 9.24. The van der Waals surface area contributed by atoms with Crippen LogP contribution in [0.5, 0.6) is 0 Å². The van der Waals surface area contributed by atoms with Crippen molar-refractivity contribution < 1.29 is 18.7 Å². The molecular formula is C19H26FN3O3. The highest BCUT2D eigenvalue weighted by Gasteiger charge is 2.35. The number of anilines is 1. The lowest BCUT2D eigenvalue weighted by molar-refractivity contribution is -0.137. The maximum absolute atomic E-state index is 13.1. The van der Waals surface area contributed by atoms with Gasteiger partial charge in [-0.15, -0.1) is 0 Å². The van der Waals surface area contributed by atoms with Gasteiger partial charge in [0, 0.05) is 38.4 Å². The van der Waals surface area contributed by atoms with Gasteiger partial charge >= 0.3 is 6.09 Å². The summed E-state index contributed by atoms with van der Waals surface area (Å²) < 4.78 is 18.0. The number of piperidine rings is 1. The average Bonchev–Trinajstić information content (AvgIpc) is 2.93. The number of hydrogen-bond acceptors (Lipinski definition) is 4. The van der Waals surface area contributed by atoms with E-state index in [1.165, 1.54) is 19.2 Å². The Bertz CT molecular complexity index is 637. The van der Waals surface area contributed by atoms with E-state index in [4.69, 9.17) is 4.74 Å². The maximum atomic E-state index is 13.1.